The van der Waals surface area contributed by atoms with E-state index in [1.807, 2.05) is 13.0 Å². The summed E-state index contributed by atoms with van der Waals surface area (Å²) in [5.41, 5.74) is 11.8. The van der Waals surface area contributed by atoms with Crippen molar-refractivity contribution in [2.75, 3.05) is 13.7 Å². The number of rotatable bonds is 5. The van der Waals surface area contributed by atoms with E-state index >= 15 is 0 Å². The molecule has 5 nitrogen and oxygen atoms in total. The number of hydrogen-bond donors (Lipinski definition) is 1. The molecular formula is C19H24N4O. The van der Waals surface area contributed by atoms with Gasteiger partial charge in [0, 0.05) is 18.2 Å². The highest BCUT2D eigenvalue weighted by Gasteiger charge is 2.16. The second-order valence-electron chi connectivity index (χ2n) is 6.00. The molecule has 24 heavy (non-hydrogen) atoms. The van der Waals surface area contributed by atoms with Crippen molar-refractivity contribution in [1.82, 2.24) is 14.5 Å². The van der Waals surface area contributed by atoms with Crippen LogP contribution in [0.4, 0.5) is 0 Å². The molecule has 2 N–H and O–H groups in total. The largest absolute Gasteiger partial charge is 0.496 e. The quantitative estimate of drug-likeness (QED) is 0.783. The van der Waals surface area contributed by atoms with Crippen molar-refractivity contribution in [2.24, 2.45) is 5.73 Å². The van der Waals surface area contributed by atoms with E-state index < -0.39 is 0 Å². The molecule has 3 rings (SSSR count). The summed E-state index contributed by atoms with van der Waals surface area (Å²) in [6.45, 7) is 6.81. The fourth-order valence-corrected chi connectivity index (χ4v) is 3.15. The molecule has 0 aliphatic rings. The van der Waals surface area contributed by atoms with Gasteiger partial charge in [-0.15, -0.1) is 0 Å². The van der Waals surface area contributed by atoms with E-state index in [1.165, 1.54) is 0 Å². The number of fused-ring (bicyclic) bond motifs is 1. The zero-order valence-electron chi connectivity index (χ0n) is 14.8. The third-order valence-electron chi connectivity index (χ3n) is 4.26. The van der Waals surface area contributed by atoms with Crippen molar-refractivity contribution in [3.63, 3.8) is 0 Å². The molecule has 1 aromatic carbocycles. The average molecular weight is 324 g/mol. The maximum absolute atomic E-state index is 5.69. The van der Waals surface area contributed by atoms with E-state index in [1.54, 1.807) is 7.11 Å². The molecule has 0 bridgehead atoms. The van der Waals surface area contributed by atoms with Crippen molar-refractivity contribution in [3.8, 4) is 11.4 Å². The van der Waals surface area contributed by atoms with Crippen molar-refractivity contribution in [2.45, 2.75) is 33.6 Å². The summed E-state index contributed by atoms with van der Waals surface area (Å²) < 4.78 is 7.69. The number of methoxy groups -OCH3 is 1. The molecule has 0 unspecified atom stereocenters. The number of imidazole rings is 1. The lowest BCUT2D eigenvalue weighted by molar-refractivity contribution is 0.409. The molecule has 2 aromatic heterocycles. The molecule has 0 amide bonds. The first-order valence-electron chi connectivity index (χ1n) is 8.32. The van der Waals surface area contributed by atoms with Crippen LogP contribution in [0.5, 0.6) is 5.75 Å². The van der Waals surface area contributed by atoms with Gasteiger partial charge in [-0.05, 0) is 50.1 Å². The number of nitrogens with zero attached hydrogens (tertiary/aromatic N) is 3. The first-order chi connectivity index (χ1) is 11.6. The zero-order valence-corrected chi connectivity index (χ0v) is 14.8. The van der Waals surface area contributed by atoms with Crippen molar-refractivity contribution >= 4 is 11.2 Å². The van der Waals surface area contributed by atoms with Gasteiger partial charge in [-0.3, -0.25) is 4.57 Å². The van der Waals surface area contributed by atoms with E-state index in [-0.39, 0.29) is 0 Å². The second kappa shape index (κ2) is 6.61. The molecule has 3 aromatic rings. The summed E-state index contributed by atoms with van der Waals surface area (Å²) in [6.07, 6.45) is 1.63. The van der Waals surface area contributed by atoms with Crippen molar-refractivity contribution in [1.29, 1.82) is 0 Å². The number of nitrogens with two attached hydrogens (primary N) is 1. The van der Waals surface area contributed by atoms with Crippen LogP contribution in [0.3, 0.4) is 0 Å². The Morgan fingerprint density at radius 2 is 1.96 bits per heavy atom. The van der Waals surface area contributed by atoms with Gasteiger partial charge in [-0.2, -0.15) is 0 Å². The molecule has 2 heterocycles. The molecule has 0 saturated heterocycles. The maximum Gasteiger partial charge on any atom is 0.165 e. The molecule has 0 atom stereocenters. The smallest absolute Gasteiger partial charge is 0.165 e. The summed E-state index contributed by atoms with van der Waals surface area (Å²) in [4.78, 5) is 9.54. The van der Waals surface area contributed by atoms with Crippen LogP contribution in [-0.4, -0.2) is 28.2 Å². The third-order valence-corrected chi connectivity index (χ3v) is 4.26. The minimum absolute atomic E-state index is 0.601. The Bertz CT molecular complexity index is 883. The van der Waals surface area contributed by atoms with Crippen LogP contribution in [0.25, 0.3) is 16.9 Å². The molecule has 0 fully saturated rings. The molecule has 0 saturated carbocycles. The minimum Gasteiger partial charge on any atom is -0.496 e. The lowest BCUT2D eigenvalue weighted by Gasteiger charge is -2.13. The number of hydrogen-bond acceptors (Lipinski definition) is 4. The number of ether oxygens (including phenoxy) is 1. The van der Waals surface area contributed by atoms with Crippen LogP contribution in [0.15, 0.2) is 24.3 Å². The van der Waals surface area contributed by atoms with Gasteiger partial charge >= 0.3 is 0 Å². The van der Waals surface area contributed by atoms with Gasteiger partial charge in [0.05, 0.1) is 12.8 Å². The van der Waals surface area contributed by atoms with Gasteiger partial charge in [0.15, 0.2) is 5.65 Å². The third kappa shape index (κ3) is 2.76. The fraction of sp³-hybridized carbons (Fsp3) is 0.368. The van der Waals surface area contributed by atoms with Gasteiger partial charge < -0.3 is 10.5 Å². The van der Waals surface area contributed by atoms with Gasteiger partial charge in [-0.25, -0.2) is 9.97 Å². The SMILES string of the molecule is CCc1nc2c(C)cc(C)nc2n1-c1ccc(CCN)c(OC)c1. The zero-order chi connectivity index (χ0) is 17.3. The minimum atomic E-state index is 0.601. The topological polar surface area (TPSA) is 66.0 Å². The van der Waals surface area contributed by atoms with E-state index in [2.05, 4.69) is 36.6 Å². The number of pyridine rings is 1. The number of aromatic nitrogens is 3. The monoisotopic (exact) mass is 324 g/mol. The van der Waals surface area contributed by atoms with Gasteiger partial charge in [0.1, 0.15) is 17.1 Å². The number of benzene rings is 1. The summed E-state index contributed by atoms with van der Waals surface area (Å²) >= 11 is 0. The van der Waals surface area contributed by atoms with Gasteiger partial charge in [0.25, 0.3) is 0 Å². The summed E-state index contributed by atoms with van der Waals surface area (Å²) in [5.74, 6) is 1.85. The van der Waals surface area contributed by atoms with Crippen LogP contribution in [0.1, 0.15) is 29.6 Å². The molecule has 5 heteroatoms. The second-order valence-corrected chi connectivity index (χ2v) is 6.00. The molecule has 0 spiro atoms. The highest BCUT2D eigenvalue weighted by atomic mass is 16.5. The molecule has 126 valence electrons. The molecule has 0 aliphatic heterocycles. The normalized spacial score (nSPS) is 11.2. The summed E-state index contributed by atoms with van der Waals surface area (Å²) in [7, 11) is 1.69. The number of aryl methyl sites for hydroxylation is 3. The van der Waals surface area contributed by atoms with Crippen LogP contribution in [0.2, 0.25) is 0 Å². The molecule has 0 radical (unpaired) electrons. The first kappa shape index (κ1) is 16.5. The van der Waals surface area contributed by atoms with Gasteiger partial charge in [-0.1, -0.05) is 13.0 Å². The standard InChI is InChI=1S/C19H24N4O/c1-5-17-22-18-12(2)10-13(3)21-19(18)23(17)15-7-6-14(8-9-20)16(11-15)24-4/h6-7,10-11H,5,8-9,20H2,1-4H3. The fourth-order valence-electron chi connectivity index (χ4n) is 3.15. The highest BCUT2D eigenvalue weighted by molar-refractivity contribution is 5.78. The van der Waals surface area contributed by atoms with E-state index in [0.717, 1.165) is 58.1 Å². The Labute approximate surface area is 142 Å². The van der Waals surface area contributed by atoms with Crippen LogP contribution < -0.4 is 10.5 Å². The Hall–Kier alpha value is -2.40. The lowest BCUT2D eigenvalue weighted by atomic mass is 10.1. The first-order valence-corrected chi connectivity index (χ1v) is 8.32. The Morgan fingerprint density at radius 3 is 2.62 bits per heavy atom. The predicted octanol–water partition coefficient (Wildman–Crippen LogP) is 3.11. The summed E-state index contributed by atoms with van der Waals surface area (Å²) in [6, 6.07) is 8.29. The predicted molar refractivity (Wildman–Crippen MR) is 97.0 cm³/mol. The highest BCUT2D eigenvalue weighted by Crippen LogP contribution is 2.28. The molecule has 0 aliphatic carbocycles. The Morgan fingerprint density at radius 1 is 1.17 bits per heavy atom. The Balaban J connectivity index is 2.25. The maximum atomic E-state index is 5.69. The van der Waals surface area contributed by atoms with Gasteiger partial charge in [0.2, 0.25) is 0 Å². The van der Waals surface area contributed by atoms with Crippen molar-refractivity contribution < 1.29 is 4.74 Å². The van der Waals surface area contributed by atoms with Crippen molar-refractivity contribution in [3.05, 3.63) is 46.9 Å². The van der Waals surface area contributed by atoms with E-state index in [4.69, 9.17) is 20.4 Å². The summed E-state index contributed by atoms with van der Waals surface area (Å²) in [5, 5.41) is 0. The lowest BCUT2D eigenvalue weighted by Crippen LogP contribution is -2.06. The Kier molecular flexibility index (Phi) is 4.53. The van der Waals surface area contributed by atoms with E-state index in [0.29, 0.717) is 6.54 Å². The van der Waals surface area contributed by atoms with Crippen LogP contribution in [0, 0.1) is 13.8 Å². The van der Waals surface area contributed by atoms with E-state index in [9.17, 15) is 0 Å². The van der Waals surface area contributed by atoms with Crippen LogP contribution >= 0.6 is 0 Å². The average Bonchev–Trinajstić information content (AvgIpc) is 2.94. The van der Waals surface area contributed by atoms with Crippen LogP contribution in [-0.2, 0) is 12.8 Å². The molecular weight excluding hydrogens is 300 g/mol.